The van der Waals surface area contributed by atoms with E-state index in [1.165, 1.54) is 50.7 Å². The molecule has 2 aliphatic rings. The number of halogens is 3. The molecule has 206 valence electrons. The molecule has 3 nitrogen and oxygen atoms in total. The summed E-state index contributed by atoms with van der Waals surface area (Å²) in [6, 6.07) is 4.25. The van der Waals surface area contributed by atoms with E-state index in [0.717, 1.165) is 44.6 Å². The predicted octanol–water partition coefficient (Wildman–Crippen LogP) is 8.98. The quantitative estimate of drug-likeness (QED) is 0.220. The first-order chi connectivity index (χ1) is 17.4. The van der Waals surface area contributed by atoms with Gasteiger partial charge in [0.25, 0.3) is 5.92 Å². The molecule has 1 aromatic carbocycles. The molecule has 0 N–H and O–H groups in total. The predicted molar refractivity (Wildman–Crippen MR) is 139 cm³/mol. The highest BCUT2D eigenvalue weighted by Gasteiger charge is 2.41. The summed E-state index contributed by atoms with van der Waals surface area (Å²) in [6.07, 6.45) is 13.7. The molecule has 0 amide bonds. The third-order valence-electron chi connectivity index (χ3n) is 8.09. The summed E-state index contributed by atoms with van der Waals surface area (Å²) in [5.74, 6) is -2.24. The summed E-state index contributed by atoms with van der Waals surface area (Å²) in [4.78, 5) is 0. The molecule has 36 heavy (non-hydrogen) atoms. The lowest BCUT2D eigenvalue weighted by Gasteiger charge is -2.35. The fraction of sp³-hybridized carbons (Fsp3) is 0.800. The smallest absolute Gasteiger partial charge is 0.254 e. The van der Waals surface area contributed by atoms with Gasteiger partial charge in [0.15, 0.2) is 11.6 Å². The molecule has 0 saturated heterocycles. The van der Waals surface area contributed by atoms with E-state index in [1.54, 1.807) is 6.07 Å². The van der Waals surface area contributed by atoms with Crippen LogP contribution in [0.5, 0.6) is 11.5 Å². The molecule has 0 atom stereocenters. The van der Waals surface area contributed by atoms with Crippen molar-refractivity contribution in [2.75, 3.05) is 19.8 Å². The van der Waals surface area contributed by atoms with Crippen molar-refractivity contribution >= 4 is 0 Å². The molecule has 2 aliphatic carbocycles. The lowest BCUT2D eigenvalue weighted by Crippen LogP contribution is -2.34. The standard InChI is InChI=1S/C30H47F3O3/c1-3-5-6-7-23-10-14-26(15-11-23)36-22-24-8-12-25(13-9-24)30(32,33)18-20-34-27-16-17-29(28(31)21-27)35-19-4-2/h16-17,21,23-26H,3-15,18-20,22H2,1-2H3. The van der Waals surface area contributed by atoms with E-state index in [4.69, 9.17) is 14.2 Å². The summed E-state index contributed by atoms with van der Waals surface area (Å²) < 4.78 is 60.7. The van der Waals surface area contributed by atoms with Crippen molar-refractivity contribution in [2.45, 2.75) is 116 Å². The molecule has 0 radical (unpaired) electrons. The summed E-state index contributed by atoms with van der Waals surface area (Å²) in [5.41, 5.74) is 0. The topological polar surface area (TPSA) is 27.7 Å². The van der Waals surface area contributed by atoms with Crippen LogP contribution in [0.3, 0.4) is 0 Å². The minimum absolute atomic E-state index is 0.133. The second kappa shape index (κ2) is 15.1. The molecular weight excluding hydrogens is 465 g/mol. The number of hydrogen-bond donors (Lipinski definition) is 0. The molecule has 0 aromatic heterocycles. The molecule has 0 aliphatic heterocycles. The number of unbranched alkanes of at least 4 members (excludes halogenated alkanes) is 2. The van der Waals surface area contributed by atoms with Crippen LogP contribution < -0.4 is 9.47 Å². The van der Waals surface area contributed by atoms with Crippen LogP contribution >= 0.6 is 0 Å². The fourth-order valence-electron chi connectivity index (χ4n) is 5.70. The van der Waals surface area contributed by atoms with Gasteiger partial charge in [0.1, 0.15) is 5.75 Å². The van der Waals surface area contributed by atoms with E-state index in [2.05, 4.69) is 6.92 Å². The monoisotopic (exact) mass is 512 g/mol. The Hall–Kier alpha value is -1.43. The van der Waals surface area contributed by atoms with Crippen LogP contribution in [0.25, 0.3) is 0 Å². The second-order valence-electron chi connectivity index (χ2n) is 11.0. The number of hydrogen-bond acceptors (Lipinski definition) is 3. The minimum Gasteiger partial charge on any atom is -0.493 e. The number of alkyl halides is 2. The molecule has 1 aromatic rings. The molecular formula is C30H47F3O3. The summed E-state index contributed by atoms with van der Waals surface area (Å²) in [7, 11) is 0. The van der Waals surface area contributed by atoms with Gasteiger partial charge in [-0.25, -0.2) is 13.2 Å². The van der Waals surface area contributed by atoms with Crippen molar-refractivity contribution < 1.29 is 27.4 Å². The van der Waals surface area contributed by atoms with Crippen molar-refractivity contribution in [2.24, 2.45) is 17.8 Å². The van der Waals surface area contributed by atoms with E-state index in [9.17, 15) is 13.2 Å². The minimum atomic E-state index is -2.77. The Morgan fingerprint density at radius 1 is 0.833 bits per heavy atom. The molecule has 0 heterocycles. The van der Waals surface area contributed by atoms with Gasteiger partial charge < -0.3 is 14.2 Å². The molecule has 0 bridgehead atoms. The Balaban J connectivity index is 1.30. The van der Waals surface area contributed by atoms with E-state index in [0.29, 0.717) is 31.5 Å². The van der Waals surface area contributed by atoms with Crippen molar-refractivity contribution in [3.8, 4) is 11.5 Å². The lowest BCUT2D eigenvalue weighted by atomic mass is 9.78. The van der Waals surface area contributed by atoms with Crippen LogP contribution in [0.4, 0.5) is 13.2 Å². The number of benzene rings is 1. The summed E-state index contributed by atoms with van der Waals surface area (Å²) >= 11 is 0. The largest absolute Gasteiger partial charge is 0.493 e. The molecule has 0 unspecified atom stereocenters. The van der Waals surface area contributed by atoms with E-state index in [-0.39, 0.29) is 24.5 Å². The van der Waals surface area contributed by atoms with Crippen LogP contribution in [0.1, 0.15) is 104 Å². The first-order valence-electron chi connectivity index (χ1n) is 14.5. The first-order valence-corrected chi connectivity index (χ1v) is 14.5. The van der Waals surface area contributed by atoms with Crippen LogP contribution in [-0.2, 0) is 4.74 Å². The SMILES string of the molecule is CCCCCC1CCC(OCC2CCC(C(F)(F)CCOc3ccc(OCCC)c(F)c3)CC2)CC1. The Morgan fingerprint density at radius 3 is 2.22 bits per heavy atom. The zero-order valence-corrected chi connectivity index (χ0v) is 22.4. The van der Waals surface area contributed by atoms with Gasteiger partial charge in [0.05, 0.1) is 19.3 Å². The van der Waals surface area contributed by atoms with Crippen molar-refractivity contribution in [3.05, 3.63) is 24.0 Å². The Bertz CT molecular complexity index is 741. The van der Waals surface area contributed by atoms with Gasteiger partial charge in [-0.15, -0.1) is 0 Å². The molecule has 0 spiro atoms. The van der Waals surface area contributed by atoms with Gasteiger partial charge >= 0.3 is 0 Å². The Labute approximate surface area is 216 Å². The normalized spacial score (nSPS) is 25.0. The average Bonchev–Trinajstić information content (AvgIpc) is 2.88. The Morgan fingerprint density at radius 2 is 1.56 bits per heavy atom. The van der Waals surface area contributed by atoms with Crippen LogP contribution in [0.15, 0.2) is 18.2 Å². The van der Waals surface area contributed by atoms with Crippen LogP contribution in [0, 0.1) is 23.6 Å². The average molecular weight is 513 g/mol. The number of ether oxygens (including phenoxy) is 3. The number of rotatable bonds is 15. The summed E-state index contributed by atoms with van der Waals surface area (Å²) in [6.45, 7) is 5.21. The molecule has 3 rings (SSSR count). The zero-order chi connectivity index (χ0) is 25.8. The van der Waals surface area contributed by atoms with Gasteiger partial charge in [0.2, 0.25) is 0 Å². The molecule has 2 saturated carbocycles. The second-order valence-corrected chi connectivity index (χ2v) is 11.0. The van der Waals surface area contributed by atoms with Gasteiger partial charge in [-0.05, 0) is 81.8 Å². The summed E-state index contributed by atoms with van der Waals surface area (Å²) in [5, 5.41) is 0. The highest BCUT2D eigenvalue weighted by atomic mass is 19.3. The van der Waals surface area contributed by atoms with Gasteiger partial charge in [-0.3, -0.25) is 0 Å². The van der Waals surface area contributed by atoms with Gasteiger partial charge in [-0.1, -0.05) is 39.5 Å². The molecule has 2 fully saturated rings. The van der Waals surface area contributed by atoms with Gasteiger partial charge in [-0.2, -0.15) is 0 Å². The maximum Gasteiger partial charge on any atom is 0.254 e. The van der Waals surface area contributed by atoms with Gasteiger partial charge in [0, 0.05) is 25.0 Å². The maximum atomic E-state index is 14.8. The van der Waals surface area contributed by atoms with Crippen molar-refractivity contribution in [3.63, 3.8) is 0 Å². The fourth-order valence-corrected chi connectivity index (χ4v) is 5.70. The zero-order valence-electron chi connectivity index (χ0n) is 22.4. The van der Waals surface area contributed by atoms with E-state index >= 15 is 0 Å². The van der Waals surface area contributed by atoms with Crippen LogP contribution in [0.2, 0.25) is 0 Å². The van der Waals surface area contributed by atoms with Crippen molar-refractivity contribution in [1.29, 1.82) is 0 Å². The Kier molecular flexibility index (Phi) is 12.2. The maximum absolute atomic E-state index is 14.8. The van der Waals surface area contributed by atoms with Crippen LogP contribution in [-0.4, -0.2) is 31.8 Å². The third kappa shape index (κ3) is 9.46. The van der Waals surface area contributed by atoms with E-state index in [1.807, 2.05) is 6.92 Å². The third-order valence-corrected chi connectivity index (χ3v) is 8.09. The first kappa shape index (κ1) is 29.1. The molecule has 6 heteroatoms. The lowest BCUT2D eigenvalue weighted by molar-refractivity contribution is -0.0934. The van der Waals surface area contributed by atoms with E-state index < -0.39 is 17.7 Å². The highest BCUT2D eigenvalue weighted by Crippen LogP contribution is 2.41. The van der Waals surface area contributed by atoms with Crippen molar-refractivity contribution in [1.82, 2.24) is 0 Å². The highest BCUT2D eigenvalue weighted by molar-refractivity contribution is 5.33.